The van der Waals surface area contributed by atoms with Crippen molar-refractivity contribution in [3.05, 3.63) is 108 Å². The van der Waals surface area contributed by atoms with E-state index in [1.807, 2.05) is 174 Å². The predicted molar refractivity (Wildman–Crippen MR) is 320 cm³/mol. The summed E-state index contributed by atoms with van der Waals surface area (Å²) < 4.78 is 24.6. The predicted octanol–water partition coefficient (Wildman–Crippen LogP) is 5.75. The van der Waals surface area contributed by atoms with Gasteiger partial charge in [0, 0.05) is 0 Å². The summed E-state index contributed by atoms with van der Waals surface area (Å²) in [7, 11) is 2.63. The summed E-state index contributed by atoms with van der Waals surface area (Å²) in [5, 5.41) is 31.0. The first-order valence-electron chi connectivity index (χ1n) is 28.4. The number of alkyl carbamates (subject to hydrolysis) is 3. The number of amides is 5. The van der Waals surface area contributed by atoms with Gasteiger partial charge in [0.1, 0.15) is 56.1 Å². The second kappa shape index (κ2) is 47.0. The van der Waals surface area contributed by atoms with Crippen molar-refractivity contribution < 1.29 is 101 Å². The molecule has 0 heterocycles. The molecule has 23 nitrogen and oxygen atoms in total. The second-order valence-corrected chi connectivity index (χ2v) is 22.5. The average Bonchev–Trinajstić information content (AvgIpc) is 3.63. The van der Waals surface area contributed by atoms with Gasteiger partial charge in [-0.2, -0.15) is 0 Å². The Balaban J connectivity index is -0.00000111. The monoisotopic (exact) mass is 1200 g/mol. The van der Waals surface area contributed by atoms with Gasteiger partial charge in [-0.15, -0.1) is 0 Å². The number of carbonyl (C=O) groups excluding carboxylic acids is 7. The third-order valence-corrected chi connectivity index (χ3v) is 11.6. The number of carboxylic acids is 2. The van der Waals surface area contributed by atoms with Crippen LogP contribution in [0.5, 0.6) is 0 Å². The Morgan fingerprint density at radius 1 is 0.384 bits per heavy atom. The summed E-state index contributed by atoms with van der Waals surface area (Å²) in [4.78, 5) is 106. The Bertz CT molecular complexity index is 2400. The van der Waals surface area contributed by atoms with Crippen LogP contribution in [0.4, 0.5) is 14.4 Å². The summed E-state index contributed by atoms with van der Waals surface area (Å²) in [6, 6.07) is 22.9. The van der Waals surface area contributed by atoms with Crippen molar-refractivity contribution in [1.82, 2.24) is 26.6 Å². The van der Waals surface area contributed by atoms with Gasteiger partial charge < -0.3 is 71.7 Å². The van der Waals surface area contributed by atoms with Crippen LogP contribution in [0.1, 0.15) is 138 Å². The Labute approximate surface area is 520 Å². The van der Waals surface area contributed by atoms with E-state index in [2.05, 4.69) is 31.3 Å². The Morgan fingerprint density at radius 2 is 0.628 bits per heavy atom. The molecule has 3 rings (SSSR count). The minimum Gasteiger partial charge on any atom is -0.870 e. The first-order valence-corrected chi connectivity index (χ1v) is 28.4. The van der Waals surface area contributed by atoms with Gasteiger partial charge in [-0.05, 0) is 90.7 Å². The van der Waals surface area contributed by atoms with Crippen LogP contribution in [0, 0.1) is 35.5 Å². The van der Waals surface area contributed by atoms with Gasteiger partial charge in [-0.25, -0.2) is 28.8 Å². The number of esters is 2. The van der Waals surface area contributed by atoms with Gasteiger partial charge in [-0.3, -0.25) is 14.4 Å². The van der Waals surface area contributed by atoms with Gasteiger partial charge >= 0.3 is 61.0 Å². The summed E-state index contributed by atoms with van der Waals surface area (Å²) >= 11 is 0. The van der Waals surface area contributed by atoms with Crippen LogP contribution in [-0.4, -0.2) is 120 Å². The molecular formula is C62H97LiN6O17. The number of hydrogen-bond donors (Lipinski definition) is 8. The van der Waals surface area contributed by atoms with E-state index in [-0.39, 0.29) is 79.7 Å². The van der Waals surface area contributed by atoms with E-state index < -0.39 is 84.3 Å². The van der Waals surface area contributed by atoms with Crippen LogP contribution in [0.3, 0.4) is 0 Å². The fourth-order valence-corrected chi connectivity index (χ4v) is 7.64. The molecule has 3 aromatic rings. The molecule has 3 aromatic carbocycles. The van der Waals surface area contributed by atoms with E-state index in [9.17, 15) is 48.3 Å². The number of benzene rings is 3. The van der Waals surface area contributed by atoms with Crippen LogP contribution in [-0.2, 0) is 72.3 Å². The van der Waals surface area contributed by atoms with Crippen molar-refractivity contribution in [2.24, 2.45) is 41.2 Å². The van der Waals surface area contributed by atoms with E-state index in [1.54, 1.807) is 0 Å². The van der Waals surface area contributed by atoms with Crippen LogP contribution in [0.15, 0.2) is 91.0 Å². The molecule has 0 bridgehead atoms. The molecular weight excluding hydrogens is 1110 g/mol. The summed E-state index contributed by atoms with van der Waals surface area (Å²) in [6.07, 6.45) is 0.513. The normalized spacial score (nSPS) is 12.5. The molecule has 5 amide bonds. The van der Waals surface area contributed by atoms with Crippen molar-refractivity contribution in [2.75, 3.05) is 14.2 Å². The zero-order valence-corrected chi connectivity index (χ0v) is 53.1. The maximum absolute atomic E-state index is 12.7. The summed E-state index contributed by atoms with van der Waals surface area (Å²) in [5.74, 6) is -2.71. The van der Waals surface area contributed by atoms with E-state index in [4.69, 9.17) is 29.8 Å². The number of ether oxygens (including phenoxy) is 5. The number of carboxylic acid groups (broad SMARTS) is 2. The maximum Gasteiger partial charge on any atom is 1.00 e. The Morgan fingerprint density at radius 3 is 0.895 bits per heavy atom. The number of hydrogen-bond acceptors (Lipinski definition) is 16. The fourth-order valence-electron chi connectivity index (χ4n) is 7.64. The molecule has 24 heteroatoms. The standard InChI is InChI=1S/C21H32N2O5.C20H30N2O5.C14H19NO4.C7H15NO2.Li.H2O/c1-14(2)11-17(19(24)22-18(12-15(3)4)20(25)27-5)23-21(26)28-13-16-9-7-6-8-10-16;1-13(2)10-16(18(23)21-17(19(24)25)11-14(3)4)22-20(26)27-12-15-8-6-5-7-9-15;1-10(2)8-12(13(16)17)15-14(18)19-9-11-6-4-3-5-7-11;1-5(2)4-6(8)7(9)10-3;;/h6-10,14-15,17-18H,11-13H2,1-5H3,(H,22,24)(H,23,26);5-9,13-14,16-17H,10-12H2,1-4H3,(H,21,23)(H,22,26)(H,24,25);3-7,10,12H,8-9H2,1-2H3,(H,15,18)(H,16,17);5-6H,4,8H2,1-3H3;;1H2/q;;;;+1;/p-1/t17-,18+;16-,17+;12-;6-;;/m1110../s1. The van der Waals surface area contributed by atoms with Crippen molar-refractivity contribution in [1.29, 1.82) is 0 Å². The minimum absolute atomic E-state index is 0. The molecule has 478 valence electrons. The number of nitrogens with two attached hydrogens (primary N) is 1. The van der Waals surface area contributed by atoms with Gasteiger partial charge in [0.25, 0.3) is 0 Å². The van der Waals surface area contributed by atoms with Gasteiger partial charge in [-0.1, -0.05) is 174 Å². The summed E-state index contributed by atoms with van der Waals surface area (Å²) in [6.45, 7) is 23.5. The molecule has 0 aliphatic heterocycles. The zero-order valence-electron chi connectivity index (χ0n) is 53.1. The molecule has 0 saturated carbocycles. The number of rotatable bonds is 29. The molecule has 0 unspecified atom stereocenters. The molecule has 6 atom stereocenters. The van der Waals surface area contributed by atoms with Crippen LogP contribution >= 0.6 is 0 Å². The largest absolute Gasteiger partial charge is 1.00 e. The van der Waals surface area contributed by atoms with Crippen molar-refractivity contribution in [2.45, 2.75) is 178 Å². The molecule has 0 saturated heterocycles. The Kier molecular flexibility index (Phi) is 45.4. The smallest absolute Gasteiger partial charge is 0.870 e. The molecule has 86 heavy (non-hydrogen) atoms. The zero-order chi connectivity index (χ0) is 63.9. The van der Waals surface area contributed by atoms with E-state index in [0.717, 1.165) is 16.7 Å². The van der Waals surface area contributed by atoms with Crippen molar-refractivity contribution in [3.8, 4) is 0 Å². The molecule has 0 aliphatic carbocycles. The van der Waals surface area contributed by atoms with Crippen molar-refractivity contribution in [3.63, 3.8) is 0 Å². The molecule has 0 radical (unpaired) electrons. The Hall–Kier alpha value is -7.19. The third kappa shape index (κ3) is 41.0. The molecule has 10 N–H and O–H groups in total. The fraction of sp³-hybridized carbons (Fsp3) is 0.565. The van der Waals surface area contributed by atoms with Crippen LogP contribution in [0.25, 0.3) is 0 Å². The van der Waals surface area contributed by atoms with E-state index in [0.29, 0.717) is 44.4 Å². The summed E-state index contributed by atoms with van der Waals surface area (Å²) in [5.41, 5.74) is 7.99. The minimum atomic E-state index is -1.09. The number of aliphatic carboxylic acids is 2. The maximum atomic E-state index is 12.7. The van der Waals surface area contributed by atoms with E-state index in [1.165, 1.54) is 14.2 Å². The average molecular weight is 1210 g/mol. The molecule has 0 aliphatic rings. The van der Waals surface area contributed by atoms with E-state index >= 15 is 0 Å². The van der Waals surface area contributed by atoms with Gasteiger partial charge in [0.15, 0.2) is 0 Å². The quantitative estimate of drug-likeness (QED) is 0.0233. The van der Waals surface area contributed by atoms with Crippen molar-refractivity contribution >= 4 is 54.0 Å². The first-order chi connectivity index (χ1) is 39.5. The molecule has 0 fully saturated rings. The first kappa shape index (κ1) is 83.0. The second-order valence-electron chi connectivity index (χ2n) is 22.5. The van der Waals surface area contributed by atoms with Crippen LogP contribution < -0.4 is 51.2 Å². The van der Waals surface area contributed by atoms with Gasteiger partial charge in [0.2, 0.25) is 11.8 Å². The number of nitrogens with one attached hydrogen (secondary N) is 5. The SMILES string of the molecule is CC(C)C[C@@H](NC(=O)OCc1ccccc1)C(=O)O.CC(C)C[C@H](NC(=O)[C@@H](CC(C)C)NC(=O)OCc1ccccc1)C(=O)O.COC(=O)[C@@H](N)CC(C)C.COC(=O)[C@H](CC(C)C)NC(=O)[C@@H](CC(C)C)NC(=O)OCc1ccccc1.[Li+].[OH-]. The topological polar surface area (TPSA) is 356 Å². The number of methoxy groups -OCH3 is 2. The van der Waals surface area contributed by atoms with Crippen LogP contribution in [0.2, 0.25) is 0 Å². The molecule has 0 aromatic heterocycles. The molecule has 0 spiro atoms. The van der Waals surface area contributed by atoms with Gasteiger partial charge in [0.05, 0.1) is 14.2 Å². The third-order valence-electron chi connectivity index (χ3n) is 11.6. The number of carbonyl (C=O) groups is 9.